The fourth-order valence-electron chi connectivity index (χ4n) is 2.81. The molecule has 1 amide bonds. The summed E-state index contributed by atoms with van der Waals surface area (Å²) in [5.74, 6) is 0.315. The molecule has 1 aromatic rings. The molecule has 3 N–H and O–H groups in total. The molecule has 1 aromatic heterocycles. The Morgan fingerprint density at radius 3 is 2.70 bits per heavy atom. The summed E-state index contributed by atoms with van der Waals surface area (Å²) in [5.41, 5.74) is 5.88. The molecular weight excluding hydrogens is 270 g/mol. The van der Waals surface area contributed by atoms with Crippen LogP contribution in [-0.2, 0) is 6.54 Å². The lowest BCUT2D eigenvalue weighted by Crippen LogP contribution is -2.44. The van der Waals surface area contributed by atoms with Gasteiger partial charge in [-0.25, -0.2) is 0 Å². The van der Waals surface area contributed by atoms with Crippen LogP contribution in [0.25, 0.3) is 0 Å². The molecule has 112 valence electrons. The van der Waals surface area contributed by atoms with Gasteiger partial charge in [0.1, 0.15) is 0 Å². The third kappa shape index (κ3) is 4.04. The molecule has 0 radical (unpaired) electrons. The van der Waals surface area contributed by atoms with Crippen molar-refractivity contribution in [3.8, 4) is 0 Å². The van der Waals surface area contributed by atoms with Gasteiger partial charge in [-0.05, 0) is 37.9 Å². The van der Waals surface area contributed by atoms with E-state index < -0.39 is 0 Å². The Labute approximate surface area is 125 Å². The number of likely N-dealkylation sites (tertiary alicyclic amines) is 1. The normalized spacial score (nSPS) is 17.8. The Bertz CT molecular complexity index is 438. The van der Waals surface area contributed by atoms with Crippen molar-refractivity contribution in [3.05, 3.63) is 21.9 Å². The Balaban J connectivity index is 1.81. The molecule has 2 heterocycles. The summed E-state index contributed by atoms with van der Waals surface area (Å²) in [5, 5.41) is 5.36. The van der Waals surface area contributed by atoms with Crippen molar-refractivity contribution in [2.45, 2.75) is 39.3 Å². The van der Waals surface area contributed by atoms with Crippen LogP contribution in [0.5, 0.6) is 0 Å². The average Bonchev–Trinajstić information content (AvgIpc) is 3.05. The van der Waals surface area contributed by atoms with Gasteiger partial charge in [-0.3, -0.25) is 9.69 Å². The molecule has 2 rings (SSSR count). The fourth-order valence-corrected chi connectivity index (χ4v) is 3.65. The van der Waals surface area contributed by atoms with Crippen LogP contribution >= 0.6 is 11.3 Å². The zero-order valence-corrected chi connectivity index (χ0v) is 13.2. The van der Waals surface area contributed by atoms with E-state index in [1.54, 1.807) is 11.3 Å². The van der Waals surface area contributed by atoms with Crippen molar-refractivity contribution >= 4 is 17.2 Å². The number of primary amides is 1. The van der Waals surface area contributed by atoms with E-state index in [1.807, 2.05) is 11.4 Å². The largest absolute Gasteiger partial charge is 0.366 e. The zero-order valence-electron chi connectivity index (χ0n) is 12.4. The zero-order chi connectivity index (χ0) is 14.5. The van der Waals surface area contributed by atoms with E-state index >= 15 is 0 Å². The minimum Gasteiger partial charge on any atom is -0.366 e. The minimum atomic E-state index is -0.343. The van der Waals surface area contributed by atoms with E-state index in [4.69, 9.17) is 5.73 Å². The van der Waals surface area contributed by atoms with E-state index in [2.05, 4.69) is 24.1 Å². The van der Waals surface area contributed by atoms with Gasteiger partial charge >= 0.3 is 0 Å². The van der Waals surface area contributed by atoms with Gasteiger partial charge in [-0.15, -0.1) is 11.3 Å². The van der Waals surface area contributed by atoms with Gasteiger partial charge in [0.2, 0.25) is 5.91 Å². The van der Waals surface area contributed by atoms with Crippen LogP contribution in [0.4, 0.5) is 0 Å². The molecule has 0 saturated carbocycles. The van der Waals surface area contributed by atoms with Gasteiger partial charge in [0.05, 0.1) is 5.56 Å². The Hall–Kier alpha value is -0.910. The molecular formula is C15H25N3OS. The number of rotatable bonds is 7. The summed E-state index contributed by atoms with van der Waals surface area (Å²) in [4.78, 5) is 14.8. The summed E-state index contributed by atoms with van der Waals surface area (Å²) in [6, 6.07) is 2.49. The Morgan fingerprint density at radius 2 is 2.15 bits per heavy atom. The molecule has 0 bridgehead atoms. The number of nitrogens with one attached hydrogen (secondary N) is 1. The highest BCUT2D eigenvalue weighted by molar-refractivity contribution is 7.10. The lowest BCUT2D eigenvalue weighted by molar-refractivity contribution is 0.100. The molecule has 0 aliphatic carbocycles. The highest BCUT2D eigenvalue weighted by Gasteiger charge is 2.24. The van der Waals surface area contributed by atoms with Crippen molar-refractivity contribution in [2.75, 3.05) is 19.6 Å². The van der Waals surface area contributed by atoms with Crippen molar-refractivity contribution in [2.24, 2.45) is 11.7 Å². The maximum atomic E-state index is 11.1. The van der Waals surface area contributed by atoms with E-state index in [9.17, 15) is 4.79 Å². The molecule has 0 spiro atoms. The predicted octanol–water partition coefficient (Wildman–Crippen LogP) is 2.06. The Morgan fingerprint density at radius 1 is 1.45 bits per heavy atom. The van der Waals surface area contributed by atoms with Gasteiger partial charge in [-0.2, -0.15) is 0 Å². The van der Waals surface area contributed by atoms with E-state index in [0.717, 1.165) is 13.1 Å². The maximum Gasteiger partial charge on any atom is 0.249 e. The van der Waals surface area contributed by atoms with Gasteiger partial charge in [0.15, 0.2) is 0 Å². The summed E-state index contributed by atoms with van der Waals surface area (Å²) in [7, 11) is 0. The van der Waals surface area contributed by atoms with Gasteiger partial charge in [-0.1, -0.05) is 13.8 Å². The third-order valence-electron chi connectivity index (χ3n) is 3.97. The first kappa shape index (κ1) is 15.5. The minimum absolute atomic E-state index is 0.343. The van der Waals surface area contributed by atoms with Gasteiger partial charge < -0.3 is 11.1 Å². The summed E-state index contributed by atoms with van der Waals surface area (Å²) >= 11 is 1.59. The molecule has 1 aliphatic heterocycles. The van der Waals surface area contributed by atoms with E-state index in [1.165, 1.54) is 30.8 Å². The number of amides is 1. The van der Waals surface area contributed by atoms with E-state index in [-0.39, 0.29) is 5.91 Å². The molecule has 1 aliphatic rings. The molecule has 1 saturated heterocycles. The summed E-state index contributed by atoms with van der Waals surface area (Å²) in [6.45, 7) is 8.86. The SMILES string of the molecule is CC(C)C(CNCc1cc(C(N)=O)cs1)N1CCCC1. The highest BCUT2D eigenvalue weighted by atomic mass is 32.1. The van der Waals surface area contributed by atoms with Crippen LogP contribution in [0.3, 0.4) is 0 Å². The van der Waals surface area contributed by atoms with Crippen LogP contribution in [0, 0.1) is 5.92 Å². The van der Waals surface area contributed by atoms with Crippen molar-refractivity contribution in [3.63, 3.8) is 0 Å². The molecule has 1 unspecified atom stereocenters. The number of hydrogen-bond donors (Lipinski definition) is 2. The second-order valence-corrected chi connectivity index (χ2v) is 6.85. The van der Waals surface area contributed by atoms with Crippen molar-refractivity contribution < 1.29 is 4.79 Å². The lowest BCUT2D eigenvalue weighted by Gasteiger charge is -2.31. The van der Waals surface area contributed by atoms with Crippen LogP contribution in [0.2, 0.25) is 0 Å². The molecule has 4 nitrogen and oxygen atoms in total. The molecule has 1 fully saturated rings. The standard InChI is InChI=1S/C15H25N3OS/c1-11(2)14(18-5-3-4-6-18)9-17-8-13-7-12(10-20-13)15(16)19/h7,10-11,14,17H,3-6,8-9H2,1-2H3,(H2,16,19). The molecule has 5 heteroatoms. The van der Waals surface area contributed by atoms with Crippen LogP contribution in [-0.4, -0.2) is 36.5 Å². The summed E-state index contributed by atoms with van der Waals surface area (Å²) < 4.78 is 0. The molecule has 0 aromatic carbocycles. The fraction of sp³-hybridized carbons (Fsp3) is 0.667. The molecule has 1 atom stereocenters. The first-order chi connectivity index (χ1) is 9.58. The van der Waals surface area contributed by atoms with Crippen molar-refractivity contribution in [1.29, 1.82) is 0 Å². The highest BCUT2D eigenvalue weighted by Crippen LogP contribution is 2.18. The Kier molecular flexibility index (Phi) is 5.57. The lowest BCUT2D eigenvalue weighted by atomic mass is 10.0. The topological polar surface area (TPSA) is 58.4 Å². The number of nitrogens with two attached hydrogens (primary N) is 1. The third-order valence-corrected chi connectivity index (χ3v) is 4.91. The monoisotopic (exact) mass is 295 g/mol. The number of thiophene rings is 1. The quantitative estimate of drug-likeness (QED) is 0.809. The first-order valence-electron chi connectivity index (χ1n) is 7.40. The number of nitrogens with zero attached hydrogens (tertiary/aromatic N) is 1. The van der Waals surface area contributed by atoms with Gasteiger partial charge in [0, 0.05) is 29.4 Å². The maximum absolute atomic E-state index is 11.1. The first-order valence-corrected chi connectivity index (χ1v) is 8.28. The average molecular weight is 295 g/mol. The van der Waals surface area contributed by atoms with Crippen LogP contribution in [0.1, 0.15) is 41.9 Å². The number of hydrogen-bond acceptors (Lipinski definition) is 4. The van der Waals surface area contributed by atoms with Gasteiger partial charge in [0.25, 0.3) is 0 Å². The predicted molar refractivity (Wildman–Crippen MR) is 84.0 cm³/mol. The van der Waals surface area contributed by atoms with Crippen LogP contribution < -0.4 is 11.1 Å². The number of carbonyl (C=O) groups is 1. The van der Waals surface area contributed by atoms with E-state index in [0.29, 0.717) is 17.5 Å². The second-order valence-electron chi connectivity index (χ2n) is 5.85. The van der Waals surface area contributed by atoms with Crippen molar-refractivity contribution in [1.82, 2.24) is 10.2 Å². The summed E-state index contributed by atoms with van der Waals surface area (Å²) in [6.07, 6.45) is 2.66. The molecule has 20 heavy (non-hydrogen) atoms. The number of carbonyl (C=O) groups excluding carboxylic acids is 1. The second kappa shape index (κ2) is 7.20. The smallest absolute Gasteiger partial charge is 0.249 e. The van der Waals surface area contributed by atoms with Crippen LogP contribution in [0.15, 0.2) is 11.4 Å².